The van der Waals surface area contributed by atoms with Gasteiger partial charge in [0, 0.05) is 37.5 Å². The number of rotatable bonds is 8. The number of nitrogens with one attached hydrogen (secondary N) is 2. The molecule has 172 valence electrons. The fourth-order valence-corrected chi connectivity index (χ4v) is 4.08. The van der Waals surface area contributed by atoms with E-state index in [1.54, 1.807) is 11.0 Å². The molecule has 1 saturated carbocycles. The van der Waals surface area contributed by atoms with Crippen LogP contribution in [0.5, 0.6) is 0 Å². The number of benzene rings is 2. The van der Waals surface area contributed by atoms with E-state index in [4.69, 9.17) is 0 Å². The van der Waals surface area contributed by atoms with Crippen LogP contribution >= 0.6 is 0 Å². The summed E-state index contributed by atoms with van der Waals surface area (Å²) in [6.07, 6.45) is 7.07. The van der Waals surface area contributed by atoms with Gasteiger partial charge in [0.2, 0.25) is 17.7 Å². The molecule has 2 aromatic rings. The first-order valence-electron chi connectivity index (χ1n) is 11.7. The van der Waals surface area contributed by atoms with Crippen molar-refractivity contribution < 1.29 is 14.4 Å². The molecule has 6 heteroatoms. The van der Waals surface area contributed by atoms with Crippen molar-refractivity contribution in [2.45, 2.75) is 44.2 Å². The third-order valence-corrected chi connectivity index (χ3v) is 6.23. The van der Waals surface area contributed by atoms with Crippen molar-refractivity contribution in [1.29, 1.82) is 0 Å². The third kappa shape index (κ3) is 6.78. The maximum atomic E-state index is 13.0. The molecule has 6 nitrogen and oxygen atoms in total. The summed E-state index contributed by atoms with van der Waals surface area (Å²) in [6.45, 7) is 1.07. The summed E-state index contributed by atoms with van der Waals surface area (Å²) in [5, 5.41) is 6.01. The highest BCUT2D eigenvalue weighted by Crippen LogP contribution is 2.20. The zero-order chi connectivity index (χ0) is 23.0. The van der Waals surface area contributed by atoms with Gasteiger partial charge in [0.1, 0.15) is 6.04 Å². The van der Waals surface area contributed by atoms with Gasteiger partial charge in [-0.15, -0.1) is 0 Å². The van der Waals surface area contributed by atoms with Crippen molar-refractivity contribution in [3.63, 3.8) is 0 Å². The first kappa shape index (κ1) is 22.8. The van der Waals surface area contributed by atoms with Gasteiger partial charge in [-0.05, 0) is 42.9 Å². The minimum Gasteiger partial charge on any atom is -0.352 e. The zero-order valence-corrected chi connectivity index (χ0v) is 18.8. The predicted octanol–water partition coefficient (Wildman–Crippen LogP) is 2.94. The van der Waals surface area contributed by atoms with Gasteiger partial charge in [-0.1, -0.05) is 60.7 Å². The molecule has 3 amide bonds. The fourth-order valence-electron chi connectivity index (χ4n) is 4.08. The van der Waals surface area contributed by atoms with Gasteiger partial charge in [-0.3, -0.25) is 14.4 Å². The van der Waals surface area contributed by atoms with Crippen LogP contribution in [0.25, 0.3) is 6.08 Å². The van der Waals surface area contributed by atoms with Crippen LogP contribution in [0.4, 0.5) is 0 Å². The molecule has 0 bridgehead atoms. The van der Waals surface area contributed by atoms with Gasteiger partial charge in [0.05, 0.1) is 0 Å². The lowest BCUT2D eigenvalue weighted by atomic mass is 9.94. The Labute approximate surface area is 195 Å². The fraction of sp³-hybridized carbons (Fsp3) is 0.370. The molecule has 0 aromatic heterocycles. The number of carbonyl (C=O) groups is 3. The summed E-state index contributed by atoms with van der Waals surface area (Å²) in [5.41, 5.74) is 1.99. The molecular weight excluding hydrogens is 414 g/mol. The lowest BCUT2D eigenvalue weighted by molar-refractivity contribution is -0.134. The molecule has 2 aromatic carbocycles. The second-order valence-electron chi connectivity index (χ2n) is 8.88. The molecule has 33 heavy (non-hydrogen) atoms. The van der Waals surface area contributed by atoms with E-state index in [1.165, 1.54) is 0 Å². The minimum atomic E-state index is -0.589. The third-order valence-electron chi connectivity index (χ3n) is 6.23. The van der Waals surface area contributed by atoms with Crippen molar-refractivity contribution in [3.8, 4) is 0 Å². The van der Waals surface area contributed by atoms with Crippen LogP contribution in [0.3, 0.4) is 0 Å². The predicted molar refractivity (Wildman–Crippen MR) is 128 cm³/mol. The number of piperidine rings is 1. The molecule has 2 fully saturated rings. The molecule has 0 radical (unpaired) electrons. The quantitative estimate of drug-likeness (QED) is 0.614. The number of hydrogen-bond acceptors (Lipinski definition) is 3. The summed E-state index contributed by atoms with van der Waals surface area (Å²) in [4.78, 5) is 40.0. The van der Waals surface area contributed by atoms with Crippen molar-refractivity contribution in [1.82, 2.24) is 15.5 Å². The van der Waals surface area contributed by atoms with Gasteiger partial charge in [-0.2, -0.15) is 0 Å². The first-order chi connectivity index (χ1) is 16.1. The van der Waals surface area contributed by atoms with Crippen LogP contribution in [0.15, 0.2) is 66.7 Å². The average molecular weight is 446 g/mol. The summed E-state index contributed by atoms with van der Waals surface area (Å²) < 4.78 is 0. The molecule has 1 heterocycles. The van der Waals surface area contributed by atoms with Crippen molar-refractivity contribution in [2.24, 2.45) is 5.92 Å². The van der Waals surface area contributed by atoms with E-state index in [2.05, 4.69) is 10.6 Å². The number of hydrogen-bond donors (Lipinski definition) is 2. The highest BCUT2D eigenvalue weighted by atomic mass is 16.2. The van der Waals surface area contributed by atoms with Gasteiger partial charge in [0.25, 0.3) is 0 Å². The van der Waals surface area contributed by atoms with E-state index in [0.29, 0.717) is 32.4 Å². The molecule has 1 saturated heterocycles. The highest BCUT2D eigenvalue weighted by molar-refractivity contribution is 5.92. The Morgan fingerprint density at radius 2 is 1.55 bits per heavy atom. The SMILES string of the molecule is O=C(NC(Cc1ccccc1)C(=O)NC1CC1)C1CCN(C(=O)/C=C/c2ccccc2)CC1. The zero-order valence-electron chi connectivity index (χ0n) is 18.8. The molecule has 1 unspecified atom stereocenters. The second-order valence-corrected chi connectivity index (χ2v) is 8.88. The standard InChI is InChI=1S/C27H31N3O3/c31-25(14-11-20-7-3-1-4-8-20)30-17-15-22(16-18-30)26(32)29-24(27(33)28-23-12-13-23)19-21-9-5-2-6-10-21/h1-11,14,22-24H,12-13,15-19H2,(H,28,33)(H,29,32)/b14-11+. The summed E-state index contributed by atoms with van der Waals surface area (Å²) >= 11 is 0. The van der Waals surface area contributed by atoms with Gasteiger partial charge in [-0.25, -0.2) is 0 Å². The normalized spacial score (nSPS) is 17.5. The van der Waals surface area contributed by atoms with E-state index >= 15 is 0 Å². The largest absolute Gasteiger partial charge is 0.352 e. The lowest BCUT2D eigenvalue weighted by Gasteiger charge is -2.31. The Morgan fingerprint density at radius 1 is 0.909 bits per heavy atom. The van der Waals surface area contributed by atoms with E-state index in [-0.39, 0.29) is 29.7 Å². The van der Waals surface area contributed by atoms with Crippen molar-refractivity contribution in [3.05, 3.63) is 77.9 Å². The molecule has 0 spiro atoms. The molecule has 4 rings (SSSR count). The van der Waals surface area contributed by atoms with Gasteiger partial charge >= 0.3 is 0 Å². The van der Waals surface area contributed by atoms with E-state index < -0.39 is 6.04 Å². The Kier molecular flexibility index (Phi) is 7.55. The van der Waals surface area contributed by atoms with E-state index in [9.17, 15) is 14.4 Å². The van der Waals surface area contributed by atoms with Crippen LogP contribution in [0.1, 0.15) is 36.8 Å². The average Bonchev–Trinajstić information content (AvgIpc) is 3.67. The van der Waals surface area contributed by atoms with Gasteiger partial charge in [0.15, 0.2) is 0 Å². The molecule has 2 N–H and O–H groups in total. The van der Waals surface area contributed by atoms with Crippen LogP contribution < -0.4 is 10.6 Å². The maximum absolute atomic E-state index is 13.0. The number of nitrogens with zero attached hydrogens (tertiary/aromatic N) is 1. The van der Waals surface area contributed by atoms with E-state index in [0.717, 1.165) is 24.0 Å². The lowest BCUT2D eigenvalue weighted by Crippen LogP contribution is -2.51. The highest BCUT2D eigenvalue weighted by Gasteiger charge is 2.32. The number of amides is 3. The summed E-state index contributed by atoms with van der Waals surface area (Å²) in [6, 6.07) is 19.1. The van der Waals surface area contributed by atoms with E-state index in [1.807, 2.05) is 66.7 Å². The molecule has 2 aliphatic rings. The van der Waals surface area contributed by atoms with Crippen LogP contribution in [0, 0.1) is 5.92 Å². The maximum Gasteiger partial charge on any atom is 0.246 e. The first-order valence-corrected chi connectivity index (χ1v) is 11.7. The Hall–Kier alpha value is -3.41. The molecule has 1 aliphatic carbocycles. The summed E-state index contributed by atoms with van der Waals surface area (Å²) in [5.74, 6) is -0.454. The van der Waals surface area contributed by atoms with Crippen LogP contribution in [-0.2, 0) is 20.8 Å². The smallest absolute Gasteiger partial charge is 0.246 e. The monoisotopic (exact) mass is 445 g/mol. The minimum absolute atomic E-state index is 0.0384. The Morgan fingerprint density at radius 3 is 2.18 bits per heavy atom. The number of carbonyl (C=O) groups excluding carboxylic acids is 3. The number of likely N-dealkylation sites (tertiary alicyclic amines) is 1. The van der Waals surface area contributed by atoms with Crippen molar-refractivity contribution >= 4 is 23.8 Å². The molecule has 1 atom stereocenters. The van der Waals surface area contributed by atoms with Crippen LogP contribution in [-0.4, -0.2) is 47.8 Å². The van der Waals surface area contributed by atoms with Crippen LogP contribution in [0.2, 0.25) is 0 Å². The molecule has 1 aliphatic heterocycles. The van der Waals surface area contributed by atoms with Crippen molar-refractivity contribution in [2.75, 3.05) is 13.1 Å². The Balaban J connectivity index is 1.30. The van der Waals surface area contributed by atoms with Gasteiger partial charge < -0.3 is 15.5 Å². The Bertz CT molecular complexity index is 978. The summed E-state index contributed by atoms with van der Waals surface area (Å²) in [7, 11) is 0. The topological polar surface area (TPSA) is 78.5 Å². The molecular formula is C27H31N3O3. The second kappa shape index (κ2) is 10.9.